The third-order valence-electron chi connectivity index (χ3n) is 3.56. The van der Waals surface area contributed by atoms with E-state index in [9.17, 15) is 0 Å². The quantitative estimate of drug-likeness (QED) is 0.793. The SMILES string of the molecule is COCCNCc1c(C)nn(C)c1N(C)c1ccccc1. The van der Waals surface area contributed by atoms with Crippen molar-refractivity contribution in [2.75, 3.05) is 32.2 Å². The lowest BCUT2D eigenvalue weighted by Gasteiger charge is -2.21. The molecule has 0 fully saturated rings. The van der Waals surface area contributed by atoms with Gasteiger partial charge in [-0.25, -0.2) is 0 Å². The molecule has 5 nitrogen and oxygen atoms in total. The standard InChI is InChI=1S/C16H24N4O/c1-13-15(12-17-10-11-21-4)16(20(3)18-13)19(2)14-8-6-5-7-9-14/h5-9,17H,10-12H2,1-4H3. The van der Waals surface area contributed by atoms with Crippen LogP contribution in [0.25, 0.3) is 0 Å². The zero-order chi connectivity index (χ0) is 15.2. The van der Waals surface area contributed by atoms with Gasteiger partial charge in [-0.2, -0.15) is 5.10 Å². The Balaban J connectivity index is 2.22. The van der Waals surface area contributed by atoms with Gasteiger partial charge in [0.25, 0.3) is 0 Å². The number of hydrogen-bond donors (Lipinski definition) is 1. The van der Waals surface area contributed by atoms with Gasteiger partial charge in [0.1, 0.15) is 5.82 Å². The van der Waals surface area contributed by atoms with Crippen molar-refractivity contribution >= 4 is 11.5 Å². The highest BCUT2D eigenvalue weighted by Crippen LogP contribution is 2.28. The third kappa shape index (κ3) is 3.62. The number of nitrogens with zero attached hydrogens (tertiary/aromatic N) is 3. The van der Waals surface area contributed by atoms with Gasteiger partial charge in [0.05, 0.1) is 12.3 Å². The van der Waals surface area contributed by atoms with Crippen molar-refractivity contribution in [3.05, 3.63) is 41.6 Å². The number of hydrogen-bond acceptors (Lipinski definition) is 4. The minimum Gasteiger partial charge on any atom is -0.383 e. The van der Waals surface area contributed by atoms with Gasteiger partial charge in [-0.3, -0.25) is 4.68 Å². The number of aromatic nitrogens is 2. The first-order valence-electron chi connectivity index (χ1n) is 7.16. The second-order valence-corrected chi connectivity index (χ2v) is 5.08. The number of ether oxygens (including phenoxy) is 1. The van der Waals surface area contributed by atoms with Crippen molar-refractivity contribution in [3.63, 3.8) is 0 Å². The van der Waals surface area contributed by atoms with Gasteiger partial charge in [-0.05, 0) is 19.1 Å². The maximum atomic E-state index is 5.07. The molecule has 21 heavy (non-hydrogen) atoms. The second kappa shape index (κ2) is 7.24. The fourth-order valence-corrected chi connectivity index (χ4v) is 2.48. The number of benzene rings is 1. The zero-order valence-electron chi connectivity index (χ0n) is 13.3. The summed E-state index contributed by atoms with van der Waals surface area (Å²) in [6.45, 7) is 4.38. The molecule has 0 aliphatic heterocycles. The van der Waals surface area contributed by atoms with Crippen LogP contribution in [0.3, 0.4) is 0 Å². The molecule has 2 aromatic rings. The van der Waals surface area contributed by atoms with Crippen LogP contribution in [0.4, 0.5) is 11.5 Å². The summed E-state index contributed by atoms with van der Waals surface area (Å²) in [5.74, 6) is 1.11. The van der Waals surface area contributed by atoms with E-state index < -0.39 is 0 Å². The topological polar surface area (TPSA) is 42.3 Å². The molecule has 1 aromatic carbocycles. The summed E-state index contributed by atoms with van der Waals surface area (Å²) in [6.07, 6.45) is 0. The summed E-state index contributed by atoms with van der Waals surface area (Å²) in [7, 11) is 5.77. The number of aryl methyl sites for hydroxylation is 2. The van der Waals surface area contributed by atoms with Crippen molar-refractivity contribution in [2.45, 2.75) is 13.5 Å². The molecule has 0 aliphatic carbocycles. The minimum atomic E-state index is 0.711. The third-order valence-corrected chi connectivity index (χ3v) is 3.56. The van der Waals surface area contributed by atoms with Crippen LogP contribution in [0, 0.1) is 6.92 Å². The maximum absolute atomic E-state index is 5.07. The van der Waals surface area contributed by atoms with Crippen molar-refractivity contribution in [3.8, 4) is 0 Å². The molecular formula is C16H24N4O. The maximum Gasteiger partial charge on any atom is 0.135 e. The Morgan fingerprint density at radius 1 is 1.29 bits per heavy atom. The molecule has 2 rings (SSSR count). The van der Waals surface area contributed by atoms with E-state index in [-0.39, 0.29) is 0 Å². The summed E-state index contributed by atoms with van der Waals surface area (Å²) in [4.78, 5) is 2.17. The molecule has 0 saturated carbocycles. The molecule has 0 atom stereocenters. The number of para-hydroxylation sites is 1. The molecule has 0 radical (unpaired) electrons. The molecular weight excluding hydrogens is 264 g/mol. The summed E-state index contributed by atoms with van der Waals surface area (Å²) in [5.41, 5.74) is 3.43. The lowest BCUT2D eigenvalue weighted by Crippen LogP contribution is -2.21. The molecule has 0 spiro atoms. The van der Waals surface area contributed by atoms with Crippen LogP contribution in [0.2, 0.25) is 0 Å². The van der Waals surface area contributed by atoms with Gasteiger partial charge < -0.3 is 15.0 Å². The van der Waals surface area contributed by atoms with Gasteiger partial charge >= 0.3 is 0 Å². The smallest absolute Gasteiger partial charge is 0.135 e. The van der Waals surface area contributed by atoms with Crippen molar-refractivity contribution in [2.24, 2.45) is 7.05 Å². The van der Waals surface area contributed by atoms with E-state index in [4.69, 9.17) is 4.74 Å². The molecule has 1 aromatic heterocycles. The summed E-state index contributed by atoms with van der Waals surface area (Å²) in [5, 5.41) is 7.96. The fraction of sp³-hybridized carbons (Fsp3) is 0.438. The van der Waals surface area contributed by atoms with Crippen LogP contribution >= 0.6 is 0 Å². The molecule has 0 saturated heterocycles. The van der Waals surface area contributed by atoms with E-state index in [1.165, 1.54) is 5.56 Å². The van der Waals surface area contributed by atoms with Gasteiger partial charge in [0.2, 0.25) is 0 Å². The number of anilines is 2. The van der Waals surface area contributed by atoms with Gasteiger partial charge in [0.15, 0.2) is 0 Å². The Kier molecular flexibility index (Phi) is 5.36. The second-order valence-electron chi connectivity index (χ2n) is 5.08. The zero-order valence-corrected chi connectivity index (χ0v) is 13.3. The van der Waals surface area contributed by atoms with E-state index in [1.807, 2.05) is 29.9 Å². The van der Waals surface area contributed by atoms with Crippen LogP contribution in [-0.2, 0) is 18.3 Å². The van der Waals surface area contributed by atoms with Gasteiger partial charge in [0, 0.05) is 45.5 Å². The van der Waals surface area contributed by atoms with Gasteiger partial charge in [-0.15, -0.1) is 0 Å². The Hall–Kier alpha value is -1.85. The first kappa shape index (κ1) is 15.5. The summed E-state index contributed by atoms with van der Waals surface area (Å²) >= 11 is 0. The lowest BCUT2D eigenvalue weighted by atomic mass is 10.2. The van der Waals surface area contributed by atoms with Crippen molar-refractivity contribution < 1.29 is 4.74 Å². The normalized spacial score (nSPS) is 10.9. The monoisotopic (exact) mass is 288 g/mol. The fourth-order valence-electron chi connectivity index (χ4n) is 2.48. The molecule has 0 amide bonds. The number of rotatable bonds is 7. The highest BCUT2D eigenvalue weighted by Gasteiger charge is 2.17. The predicted molar refractivity (Wildman–Crippen MR) is 86.0 cm³/mol. The Morgan fingerprint density at radius 3 is 2.67 bits per heavy atom. The van der Waals surface area contributed by atoms with E-state index in [0.717, 1.165) is 30.3 Å². The molecule has 1 heterocycles. The number of nitrogens with one attached hydrogen (secondary N) is 1. The first-order valence-corrected chi connectivity index (χ1v) is 7.16. The highest BCUT2D eigenvalue weighted by atomic mass is 16.5. The van der Waals surface area contributed by atoms with E-state index in [0.29, 0.717) is 6.61 Å². The highest BCUT2D eigenvalue weighted by molar-refractivity contribution is 5.63. The Morgan fingerprint density at radius 2 is 2.00 bits per heavy atom. The van der Waals surface area contributed by atoms with Crippen LogP contribution in [0.5, 0.6) is 0 Å². The molecule has 5 heteroatoms. The predicted octanol–water partition coefficient (Wildman–Crippen LogP) is 2.23. The summed E-state index contributed by atoms with van der Waals surface area (Å²) < 4.78 is 7.01. The van der Waals surface area contributed by atoms with E-state index >= 15 is 0 Å². The van der Waals surface area contributed by atoms with Crippen LogP contribution in [0.15, 0.2) is 30.3 Å². The van der Waals surface area contributed by atoms with Crippen LogP contribution < -0.4 is 10.2 Å². The molecule has 114 valence electrons. The Labute approximate surface area is 126 Å². The van der Waals surface area contributed by atoms with Crippen LogP contribution in [0.1, 0.15) is 11.3 Å². The van der Waals surface area contributed by atoms with Gasteiger partial charge in [-0.1, -0.05) is 18.2 Å². The Bertz CT molecular complexity index is 565. The lowest BCUT2D eigenvalue weighted by molar-refractivity contribution is 0.199. The van der Waals surface area contributed by atoms with E-state index in [1.54, 1.807) is 7.11 Å². The molecule has 0 bridgehead atoms. The van der Waals surface area contributed by atoms with Crippen molar-refractivity contribution in [1.82, 2.24) is 15.1 Å². The minimum absolute atomic E-state index is 0.711. The average Bonchev–Trinajstić information content (AvgIpc) is 2.78. The largest absolute Gasteiger partial charge is 0.383 e. The summed E-state index contributed by atoms with van der Waals surface area (Å²) in [6, 6.07) is 10.3. The van der Waals surface area contributed by atoms with Crippen LogP contribution in [-0.4, -0.2) is 37.1 Å². The average molecular weight is 288 g/mol. The van der Waals surface area contributed by atoms with E-state index in [2.05, 4.69) is 41.4 Å². The number of methoxy groups -OCH3 is 1. The molecule has 0 unspecified atom stereocenters. The first-order chi connectivity index (χ1) is 10.1. The molecule has 0 aliphatic rings. The van der Waals surface area contributed by atoms with Crippen molar-refractivity contribution in [1.29, 1.82) is 0 Å². The molecule has 1 N–H and O–H groups in total.